The van der Waals surface area contributed by atoms with Gasteiger partial charge in [-0.05, 0) is 42.5 Å². The smallest absolute Gasteiger partial charge is 0.286 e. The lowest BCUT2D eigenvalue weighted by Crippen LogP contribution is -2.35. The summed E-state index contributed by atoms with van der Waals surface area (Å²) >= 11 is 0. The van der Waals surface area contributed by atoms with Crippen LogP contribution >= 0.6 is 0 Å². The molecule has 2 aliphatic heterocycles. The maximum absolute atomic E-state index is 12.7. The van der Waals surface area contributed by atoms with Gasteiger partial charge in [-0.1, -0.05) is 43.7 Å². The fourth-order valence-corrected chi connectivity index (χ4v) is 5.15. The van der Waals surface area contributed by atoms with Gasteiger partial charge in [0.2, 0.25) is 0 Å². The van der Waals surface area contributed by atoms with E-state index in [1.807, 2.05) is 42.2 Å². The largest absolute Gasteiger partial charge is 0.351 e. The third kappa shape index (κ3) is 4.05. The van der Waals surface area contributed by atoms with Crippen LogP contribution in [-0.4, -0.2) is 33.3 Å². The average molecular weight is 412 g/mol. The van der Waals surface area contributed by atoms with E-state index in [1.165, 1.54) is 6.07 Å². The number of sulfonamides is 1. The van der Waals surface area contributed by atoms with Gasteiger partial charge >= 0.3 is 0 Å². The third-order valence-corrected chi connectivity index (χ3v) is 6.88. The van der Waals surface area contributed by atoms with E-state index in [0.717, 1.165) is 31.4 Å². The quantitative estimate of drug-likeness (QED) is 0.832. The molecule has 4 rings (SSSR count). The van der Waals surface area contributed by atoms with Gasteiger partial charge in [-0.3, -0.25) is 4.79 Å². The number of carbonyl (C=O) groups excluding carboxylic acids is 1. The lowest BCUT2D eigenvalue weighted by atomic mass is 10.0. The monoisotopic (exact) mass is 411 g/mol. The summed E-state index contributed by atoms with van der Waals surface area (Å²) in [7, 11) is -3.79. The number of benzene rings is 2. The Morgan fingerprint density at radius 1 is 1.14 bits per heavy atom. The van der Waals surface area contributed by atoms with Crippen LogP contribution in [0.4, 0.5) is 5.69 Å². The Kier molecular flexibility index (Phi) is 5.41. The van der Waals surface area contributed by atoms with E-state index in [9.17, 15) is 13.2 Å². The second kappa shape index (κ2) is 7.99. The molecule has 0 unspecified atom stereocenters. The summed E-state index contributed by atoms with van der Waals surface area (Å²) in [4.78, 5) is 14.8. The number of fused-ring (bicyclic) bond motifs is 3. The molecular weight excluding hydrogens is 386 g/mol. The SMILES string of the molecule is C[C@@H](CNC(=O)c1ccc2c(c1)S(=O)(=O)N=C1CCCCCN12)c1ccccc1. The molecular formula is C22H25N3O3S. The molecule has 0 bridgehead atoms. The predicted octanol–water partition coefficient (Wildman–Crippen LogP) is 3.70. The number of rotatable bonds is 4. The van der Waals surface area contributed by atoms with E-state index >= 15 is 0 Å². The molecule has 0 saturated carbocycles. The van der Waals surface area contributed by atoms with E-state index in [-0.39, 0.29) is 16.7 Å². The van der Waals surface area contributed by atoms with Crippen LogP contribution in [0.25, 0.3) is 0 Å². The molecule has 2 aromatic rings. The maximum atomic E-state index is 12.7. The summed E-state index contributed by atoms with van der Waals surface area (Å²) in [5.41, 5.74) is 2.11. The van der Waals surface area contributed by atoms with Crippen molar-refractivity contribution in [3.8, 4) is 0 Å². The van der Waals surface area contributed by atoms with Crippen LogP contribution in [0.5, 0.6) is 0 Å². The number of carbonyl (C=O) groups is 1. The summed E-state index contributed by atoms with van der Waals surface area (Å²) in [6, 6.07) is 14.9. The van der Waals surface area contributed by atoms with Crippen molar-refractivity contribution < 1.29 is 13.2 Å². The minimum Gasteiger partial charge on any atom is -0.351 e. The number of hydrogen-bond donors (Lipinski definition) is 1. The molecule has 2 aliphatic rings. The van der Waals surface area contributed by atoms with Crippen molar-refractivity contribution in [1.29, 1.82) is 0 Å². The van der Waals surface area contributed by atoms with Crippen molar-refractivity contribution >= 4 is 27.5 Å². The Morgan fingerprint density at radius 2 is 1.93 bits per heavy atom. The molecule has 29 heavy (non-hydrogen) atoms. The van der Waals surface area contributed by atoms with Crippen LogP contribution in [0.2, 0.25) is 0 Å². The summed E-state index contributed by atoms with van der Waals surface area (Å²) in [6.45, 7) is 3.27. The third-order valence-electron chi connectivity index (χ3n) is 5.55. The number of nitrogens with one attached hydrogen (secondary N) is 1. The van der Waals surface area contributed by atoms with Gasteiger partial charge in [0.1, 0.15) is 10.7 Å². The Morgan fingerprint density at radius 3 is 2.72 bits per heavy atom. The molecule has 1 atom stereocenters. The van der Waals surface area contributed by atoms with Crippen LogP contribution in [0.1, 0.15) is 54.4 Å². The van der Waals surface area contributed by atoms with Crippen molar-refractivity contribution in [2.75, 3.05) is 18.0 Å². The second-order valence-electron chi connectivity index (χ2n) is 7.65. The zero-order valence-corrected chi connectivity index (χ0v) is 17.3. The molecule has 7 heteroatoms. The summed E-state index contributed by atoms with van der Waals surface area (Å²) in [5.74, 6) is 0.492. The van der Waals surface area contributed by atoms with Crippen LogP contribution in [0, 0.1) is 0 Å². The Labute approximate surface area is 171 Å². The average Bonchev–Trinajstić information content (AvgIpc) is 2.97. The van der Waals surface area contributed by atoms with E-state index in [0.29, 0.717) is 30.1 Å². The van der Waals surface area contributed by atoms with Crippen molar-refractivity contribution in [3.63, 3.8) is 0 Å². The van der Waals surface area contributed by atoms with Gasteiger partial charge in [-0.15, -0.1) is 4.40 Å². The van der Waals surface area contributed by atoms with Gasteiger partial charge in [0.15, 0.2) is 0 Å². The molecule has 152 valence electrons. The predicted molar refractivity (Wildman–Crippen MR) is 114 cm³/mol. The number of amidine groups is 1. The number of amides is 1. The minimum absolute atomic E-state index is 0.118. The van der Waals surface area contributed by atoms with Crippen molar-refractivity contribution in [1.82, 2.24) is 5.32 Å². The Bertz CT molecular complexity index is 1050. The fraction of sp³-hybridized carbons (Fsp3) is 0.364. The zero-order chi connectivity index (χ0) is 20.4. The zero-order valence-electron chi connectivity index (χ0n) is 16.5. The molecule has 2 aromatic carbocycles. The topological polar surface area (TPSA) is 78.8 Å². The minimum atomic E-state index is -3.79. The number of anilines is 1. The molecule has 6 nitrogen and oxygen atoms in total. The lowest BCUT2D eigenvalue weighted by Gasteiger charge is -2.29. The van der Waals surface area contributed by atoms with Gasteiger partial charge in [0, 0.05) is 25.1 Å². The van der Waals surface area contributed by atoms with E-state index < -0.39 is 10.0 Å². The van der Waals surface area contributed by atoms with Gasteiger partial charge in [-0.2, -0.15) is 8.42 Å². The highest BCUT2D eigenvalue weighted by molar-refractivity contribution is 7.90. The van der Waals surface area contributed by atoms with Gasteiger partial charge in [0.25, 0.3) is 15.9 Å². The summed E-state index contributed by atoms with van der Waals surface area (Å²) in [5, 5.41) is 2.91. The molecule has 0 aromatic heterocycles. The highest BCUT2D eigenvalue weighted by atomic mass is 32.2. The van der Waals surface area contributed by atoms with Crippen LogP contribution in [0.3, 0.4) is 0 Å². The molecule has 0 spiro atoms. The Balaban J connectivity index is 1.55. The molecule has 1 amide bonds. The first-order chi connectivity index (χ1) is 14.0. The van der Waals surface area contributed by atoms with Crippen molar-refractivity contribution in [2.45, 2.75) is 43.4 Å². The van der Waals surface area contributed by atoms with Crippen LogP contribution in [0.15, 0.2) is 57.8 Å². The normalized spacial score (nSPS) is 18.7. The molecule has 1 N–H and O–H groups in total. The van der Waals surface area contributed by atoms with Gasteiger partial charge in [0.05, 0.1) is 5.69 Å². The first-order valence-electron chi connectivity index (χ1n) is 10.0. The number of hydrogen-bond acceptors (Lipinski definition) is 4. The molecule has 0 radical (unpaired) electrons. The maximum Gasteiger partial charge on any atom is 0.286 e. The highest BCUT2D eigenvalue weighted by Crippen LogP contribution is 2.35. The van der Waals surface area contributed by atoms with Gasteiger partial charge < -0.3 is 10.2 Å². The van der Waals surface area contributed by atoms with Crippen molar-refractivity contribution in [2.24, 2.45) is 4.40 Å². The molecule has 1 fully saturated rings. The lowest BCUT2D eigenvalue weighted by molar-refractivity contribution is 0.0951. The van der Waals surface area contributed by atoms with E-state index in [2.05, 4.69) is 9.71 Å². The second-order valence-corrected chi connectivity index (χ2v) is 9.22. The van der Waals surface area contributed by atoms with Crippen LogP contribution < -0.4 is 10.2 Å². The van der Waals surface area contributed by atoms with E-state index in [1.54, 1.807) is 12.1 Å². The first-order valence-corrected chi connectivity index (χ1v) is 11.5. The molecule has 2 heterocycles. The van der Waals surface area contributed by atoms with Crippen LogP contribution in [-0.2, 0) is 10.0 Å². The standard InChI is InChI=1S/C22H25N3O3S/c1-16(17-8-4-2-5-9-17)15-23-22(26)18-11-12-19-20(14-18)29(27,28)24-21-10-6-3-7-13-25(19)21/h2,4-5,8-9,11-12,14,16H,3,6-7,10,13,15H2,1H3,(H,23,26)/t16-/m0/s1. The number of nitrogens with zero attached hydrogens (tertiary/aromatic N) is 2. The van der Waals surface area contributed by atoms with Gasteiger partial charge in [-0.25, -0.2) is 0 Å². The van der Waals surface area contributed by atoms with Crippen molar-refractivity contribution in [3.05, 3.63) is 59.7 Å². The fourth-order valence-electron chi connectivity index (χ4n) is 3.87. The first kappa shape index (κ1) is 19.6. The summed E-state index contributed by atoms with van der Waals surface area (Å²) in [6.07, 6.45) is 3.67. The highest BCUT2D eigenvalue weighted by Gasteiger charge is 2.32. The Hall–Kier alpha value is -2.67. The molecule has 0 aliphatic carbocycles. The van der Waals surface area contributed by atoms with E-state index in [4.69, 9.17) is 0 Å². The molecule has 1 saturated heterocycles. The summed E-state index contributed by atoms with van der Waals surface area (Å²) < 4.78 is 29.5.